The van der Waals surface area contributed by atoms with Gasteiger partial charge in [-0.25, -0.2) is 4.68 Å². The Morgan fingerprint density at radius 3 is 1.35 bits per heavy atom. The molecule has 0 unspecified atom stereocenters. The molecule has 0 bridgehead atoms. The van der Waals surface area contributed by atoms with Gasteiger partial charge < -0.3 is 5.84 Å². The molecule has 116 valence electrons. The van der Waals surface area contributed by atoms with Gasteiger partial charge in [-0.2, -0.15) is 0 Å². The molecule has 0 spiro atoms. The van der Waals surface area contributed by atoms with Crippen molar-refractivity contribution in [2.45, 2.75) is 36.9 Å². The Morgan fingerprint density at radius 1 is 0.800 bits per heavy atom. The fourth-order valence-electron chi connectivity index (χ4n) is 1.64. The average molecular weight is 353 g/mol. The quantitative estimate of drug-likeness (QED) is 0.504. The molecular formula is C12H24N4S4. The van der Waals surface area contributed by atoms with E-state index in [0.29, 0.717) is 0 Å². The average Bonchev–Trinajstić information content (AvgIpc) is 2.80. The Labute approximate surface area is 139 Å². The predicted molar refractivity (Wildman–Crippen MR) is 98.2 cm³/mol. The van der Waals surface area contributed by atoms with Crippen molar-refractivity contribution in [1.29, 1.82) is 0 Å². The minimum atomic E-state index is 0.273. The molecule has 20 heavy (non-hydrogen) atoms. The standard InChI is InChI=1S/C12H24N4S4/c1-5-17-11(18-6-2)9-14-15-10(16(9)13)12(19-7-3)20-8-4/h11-12H,5-8,13H2,1-4H3. The van der Waals surface area contributed by atoms with Crippen LogP contribution in [0.25, 0.3) is 0 Å². The molecule has 0 amide bonds. The molecule has 2 N–H and O–H groups in total. The summed E-state index contributed by atoms with van der Waals surface area (Å²) in [5, 5.41) is 8.72. The van der Waals surface area contributed by atoms with Gasteiger partial charge in [0.2, 0.25) is 0 Å². The zero-order valence-electron chi connectivity index (χ0n) is 12.5. The highest BCUT2D eigenvalue weighted by Gasteiger charge is 2.24. The SMILES string of the molecule is CCSC(SCC)c1nnc(C(SCC)SCC)n1N. The first-order valence-electron chi connectivity index (χ1n) is 6.86. The molecule has 1 aromatic rings. The van der Waals surface area contributed by atoms with Gasteiger partial charge in [0.1, 0.15) is 9.16 Å². The number of nitrogens with zero attached hydrogens (tertiary/aromatic N) is 3. The Balaban J connectivity index is 2.95. The smallest absolute Gasteiger partial charge is 0.174 e. The Bertz CT molecular complexity index is 340. The van der Waals surface area contributed by atoms with Crippen LogP contribution in [0.1, 0.15) is 48.5 Å². The second-order valence-electron chi connectivity index (χ2n) is 3.77. The zero-order chi connectivity index (χ0) is 15.0. The number of nitrogens with two attached hydrogens (primary N) is 1. The summed E-state index contributed by atoms with van der Waals surface area (Å²) in [7, 11) is 0. The molecule has 8 heteroatoms. The molecule has 0 radical (unpaired) electrons. The van der Waals surface area contributed by atoms with Crippen LogP contribution in [0.3, 0.4) is 0 Å². The highest BCUT2D eigenvalue weighted by Crippen LogP contribution is 2.41. The van der Waals surface area contributed by atoms with Crippen molar-refractivity contribution in [3.8, 4) is 0 Å². The maximum atomic E-state index is 6.26. The summed E-state index contributed by atoms with van der Waals surface area (Å²) >= 11 is 7.46. The maximum Gasteiger partial charge on any atom is 0.174 e. The summed E-state index contributed by atoms with van der Waals surface area (Å²) in [4.78, 5) is 0. The largest absolute Gasteiger partial charge is 0.336 e. The summed E-state index contributed by atoms with van der Waals surface area (Å²) in [6.45, 7) is 8.65. The van der Waals surface area contributed by atoms with Crippen molar-refractivity contribution in [2.24, 2.45) is 0 Å². The van der Waals surface area contributed by atoms with E-state index in [4.69, 9.17) is 5.84 Å². The lowest BCUT2D eigenvalue weighted by molar-refractivity contribution is 0.866. The van der Waals surface area contributed by atoms with Crippen LogP contribution in [0.5, 0.6) is 0 Å². The van der Waals surface area contributed by atoms with E-state index in [1.165, 1.54) is 0 Å². The van der Waals surface area contributed by atoms with Crippen LogP contribution >= 0.6 is 47.0 Å². The van der Waals surface area contributed by atoms with Crippen molar-refractivity contribution in [3.63, 3.8) is 0 Å². The lowest BCUT2D eigenvalue weighted by atomic mass is 10.6. The van der Waals surface area contributed by atoms with E-state index < -0.39 is 0 Å². The molecule has 0 fully saturated rings. The zero-order valence-corrected chi connectivity index (χ0v) is 15.8. The van der Waals surface area contributed by atoms with E-state index in [1.54, 1.807) is 4.68 Å². The molecule has 0 saturated carbocycles. The normalized spacial score (nSPS) is 11.7. The lowest BCUT2D eigenvalue weighted by Crippen LogP contribution is -2.18. The molecule has 0 aliphatic rings. The molecule has 1 rings (SSSR count). The molecule has 0 atom stereocenters. The maximum absolute atomic E-state index is 6.26. The third-order valence-electron chi connectivity index (χ3n) is 2.44. The van der Waals surface area contributed by atoms with E-state index >= 15 is 0 Å². The molecule has 4 nitrogen and oxygen atoms in total. The molecule has 1 aromatic heterocycles. The topological polar surface area (TPSA) is 56.7 Å². The van der Waals surface area contributed by atoms with E-state index in [2.05, 4.69) is 37.9 Å². The highest BCUT2D eigenvalue weighted by molar-refractivity contribution is 8.16. The van der Waals surface area contributed by atoms with Gasteiger partial charge in [-0.15, -0.1) is 57.2 Å². The molecule has 0 saturated heterocycles. The van der Waals surface area contributed by atoms with Crippen molar-refractivity contribution < 1.29 is 0 Å². The van der Waals surface area contributed by atoms with Crippen molar-refractivity contribution >= 4 is 47.0 Å². The third kappa shape index (κ3) is 4.96. The van der Waals surface area contributed by atoms with Crippen LogP contribution in [0, 0.1) is 0 Å². The van der Waals surface area contributed by atoms with Crippen LogP contribution in [-0.2, 0) is 0 Å². The summed E-state index contributed by atoms with van der Waals surface area (Å²) < 4.78 is 2.26. The summed E-state index contributed by atoms with van der Waals surface area (Å²) in [6, 6.07) is 0. The number of thioether (sulfide) groups is 4. The first-order chi connectivity index (χ1) is 9.69. The second kappa shape index (κ2) is 10.1. The van der Waals surface area contributed by atoms with E-state index in [1.807, 2.05) is 47.0 Å². The fraction of sp³-hybridized carbons (Fsp3) is 0.833. The van der Waals surface area contributed by atoms with E-state index in [0.717, 1.165) is 34.7 Å². The second-order valence-corrected chi connectivity index (χ2v) is 9.90. The number of aromatic nitrogens is 3. The summed E-state index contributed by atoms with van der Waals surface area (Å²) in [6.07, 6.45) is 0. The Hall–Kier alpha value is 0.340. The van der Waals surface area contributed by atoms with Crippen LogP contribution in [0.15, 0.2) is 0 Å². The third-order valence-corrected chi connectivity index (χ3v) is 7.46. The van der Waals surface area contributed by atoms with Gasteiger partial charge in [-0.05, 0) is 23.0 Å². The first-order valence-corrected chi connectivity index (χ1v) is 11.1. The fourth-order valence-corrected chi connectivity index (χ4v) is 6.49. The Kier molecular flexibility index (Phi) is 9.31. The van der Waals surface area contributed by atoms with Crippen LogP contribution < -0.4 is 5.84 Å². The molecule has 0 aliphatic carbocycles. The van der Waals surface area contributed by atoms with Gasteiger partial charge in [-0.1, -0.05) is 27.7 Å². The highest BCUT2D eigenvalue weighted by atomic mass is 32.2. The van der Waals surface area contributed by atoms with Crippen LogP contribution in [-0.4, -0.2) is 37.9 Å². The lowest BCUT2D eigenvalue weighted by Gasteiger charge is -2.16. The monoisotopic (exact) mass is 352 g/mol. The number of hydrogen-bond acceptors (Lipinski definition) is 7. The van der Waals surface area contributed by atoms with E-state index in [-0.39, 0.29) is 9.16 Å². The first kappa shape index (κ1) is 18.4. The van der Waals surface area contributed by atoms with E-state index in [9.17, 15) is 0 Å². The van der Waals surface area contributed by atoms with Gasteiger partial charge in [0, 0.05) is 0 Å². The minimum absolute atomic E-state index is 0.273. The molecule has 0 aliphatic heterocycles. The van der Waals surface area contributed by atoms with Gasteiger partial charge in [0.05, 0.1) is 0 Å². The van der Waals surface area contributed by atoms with Crippen molar-refractivity contribution in [2.75, 3.05) is 28.9 Å². The number of rotatable bonds is 10. The molecule has 0 aromatic carbocycles. The minimum Gasteiger partial charge on any atom is -0.336 e. The van der Waals surface area contributed by atoms with Crippen LogP contribution in [0.4, 0.5) is 0 Å². The van der Waals surface area contributed by atoms with Gasteiger partial charge in [0.15, 0.2) is 11.6 Å². The van der Waals surface area contributed by atoms with Gasteiger partial charge in [-0.3, -0.25) is 0 Å². The number of hydrogen-bond donors (Lipinski definition) is 1. The summed E-state index contributed by atoms with van der Waals surface area (Å²) in [5.41, 5.74) is 0. The molecule has 1 heterocycles. The molecular weight excluding hydrogens is 328 g/mol. The van der Waals surface area contributed by atoms with Crippen LogP contribution in [0.2, 0.25) is 0 Å². The van der Waals surface area contributed by atoms with Crippen molar-refractivity contribution in [1.82, 2.24) is 14.9 Å². The number of nitrogen functional groups attached to an aromatic ring is 1. The van der Waals surface area contributed by atoms with Crippen molar-refractivity contribution in [3.05, 3.63) is 11.6 Å². The van der Waals surface area contributed by atoms with Gasteiger partial charge >= 0.3 is 0 Å². The van der Waals surface area contributed by atoms with Gasteiger partial charge in [0.25, 0.3) is 0 Å². The predicted octanol–water partition coefficient (Wildman–Crippen LogP) is 4.00. The Morgan fingerprint density at radius 2 is 1.10 bits per heavy atom. The summed E-state index contributed by atoms with van der Waals surface area (Å²) in [5.74, 6) is 12.2.